The number of nitrogens with zero attached hydrogens (tertiary/aromatic N) is 3. The van der Waals surface area contributed by atoms with Crippen LogP contribution in [0.15, 0.2) is 53.1 Å². The molecule has 4 rings (SSSR count). The molecule has 0 spiro atoms. The predicted octanol–water partition coefficient (Wildman–Crippen LogP) is 4.32. The molecule has 0 bridgehead atoms. The monoisotopic (exact) mass is 564 g/mol. The van der Waals surface area contributed by atoms with Gasteiger partial charge in [0.1, 0.15) is 17.5 Å². The fourth-order valence-electron chi connectivity index (χ4n) is 4.58. The third kappa shape index (κ3) is 6.77. The summed E-state index contributed by atoms with van der Waals surface area (Å²) in [6.45, 7) is 7.35. The molecule has 0 saturated heterocycles. The standard InChI is InChI=1S/C29H36N6O6/c1-17-14-35(18(2)16-36)27(37)22-12-9-13-23(31-28(38)30-21-10-7-6-8-11-21)26(22)40-24(17)15-34(5)29(39)32-25-19(3)33-41-20(25)4/h6-13,17-18,24,36H,14-16H2,1-5H3,(H,32,39)(H2,30,31,38)/t17-,18-,24-/m0/s1. The number of aromatic nitrogens is 1. The Hall–Kier alpha value is -4.58. The van der Waals surface area contributed by atoms with Crippen LogP contribution in [0.3, 0.4) is 0 Å². The molecule has 0 radical (unpaired) electrons. The lowest BCUT2D eigenvalue weighted by molar-refractivity contribution is 0.0373. The summed E-state index contributed by atoms with van der Waals surface area (Å²) in [5.41, 5.74) is 2.19. The van der Waals surface area contributed by atoms with Gasteiger partial charge in [0, 0.05) is 25.2 Å². The first kappa shape index (κ1) is 29.4. The van der Waals surface area contributed by atoms with Crippen molar-refractivity contribution in [3.05, 3.63) is 65.5 Å². The van der Waals surface area contributed by atoms with Crippen molar-refractivity contribution < 1.29 is 28.8 Å². The van der Waals surface area contributed by atoms with E-state index in [9.17, 15) is 19.5 Å². The van der Waals surface area contributed by atoms with Crippen LogP contribution in [-0.2, 0) is 0 Å². The highest BCUT2D eigenvalue weighted by Gasteiger charge is 2.35. The first-order valence-electron chi connectivity index (χ1n) is 13.4. The molecule has 3 atom stereocenters. The number of amides is 5. The number of aliphatic hydroxyl groups is 1. The van der Waals surface area contributed by atoms with E-state index in [2.05, 4.69) is 21.1 Å². The number of likely N-dealkylation sites (N-methyl/N-ethyl adjacent to an activating group) is 1. The van der Waals surface area contributed by atoms with E-state index in [1.54, 1.807) is 75.2 Å². The number of carbonyl (C=O) groups excluding carboxylic acids is 3. The highest BCUT2D eigenvalue weighted by atomic mass is 16.5. The zero-order valence-electron chi connectivity index (χ0n) is 23.8. The Balaban J connectivity index is 1.63. The van der Waals surface area contributed by atoms with Gasteiger partial charge in [0.15, 0.2) is 11.5 Å². The van der Waals surface area contributed by atoms with Gasteiger partial charge >= 0.3 is 12.1 Å². The fraction of sp³-hybridized carbons (Fsp3) is 0.379. The molecule has 2 aromatic carbocycles. The fourth-order valence-corrected chi connectivity index (χ4v) is 4.58. The maximum Gasteiger partial charge on any atom is 0.323 e. The SMILES string of the molecule is Cc1noc(C)c1NC(=O)N(C)C[C@@H]1Oc2c(NC(=O)Nc3ccccc3)cccc2C(=O)N([C@@H](C)CO)C[C@@H]1C. The molecule has 0 aliphatic carbocycles. The number of carbonyl (C=O) groups is 3. The Morgan fingerprint density at radius 1 is 1.12 bits per heavy atom. The quantitative estimate of drug-likeness (QED) is 0.334. The second-order valence-electron chi connectivity index (χ2n) is 10.3. The van der Waals surface area contributed by atoms with Crippen LogP contribution in [0.4, 0.5) is 26.7 Å². The van der Waals surface area contributed by atoms with Crippen molar-refractivity contribution in [2.24, 2.45) is 5.92 Å². The van der Waals surface area contributed by atoms with Crippen LogP contribution in [0.25, 0.3) is 0 Å². The van der Waals surface area contributed by atoms with Gasteiger partial charge < -0.3 is 40.1 Å². The third-order valence-electron chi connectivity index (χ3n) is 7.04. The highest BCUT2D eigenvalue weighted by Crippen LogP contribution is 2.35. The van der Waals surface area contributed by atoms with Gasteiger partial charge in [-0.15, -0.1) is 0 Å². The van der Waals surface area contributed by atoms with Crippen LogP contribution in [0.1, 0.15) is 35.7 Å². The summed E-state index contributed by atoms with van der Waals surface area (Å²) in [5.74, 6) is 0.0995. The van der Waals surface area contributed by atoms with E-state index in [0.717, 1.165) is 0 Å². The minimum atomic E-state index is -0.573. The van der Waals surface area contributed by atoms with Gasteiger partial charge in [0.05, 0.1) is 30.4 Å². The Morgan fingerprint density at radius 3 is 2.51 bits per heavy atom. The zero-order valence-corrected chi connectivity index (χ0v) is 23.8. The van der Waals surface area contributed by atoms with Gasteiger partial charge in [-0.2, -0.15) is 0 Å². The summed E-state index contributed by atoms with van der Waals surface area (Å²) in [6.07, 6.45) is -0.573. The lowest BCUT2D eigenvalue weighted by atomic mass is 9.99. The van der Waals surface area contributed by atoms with Gasteiger partial charge in [-0.3, -0.25) is 4.79 Å². The molecule has 0 fully saturated rings. The normalized spacial score (nSPS) is 17.4. The number of rotatable bonds is 7. The van der Waals surface area contributed by atoms with Gasteiger partial charge in [0.2, 0.25) is 0 Å². The van der Waals surface area contributed by atoms with Crippen molar-refractivity contribution >= 4 is 35.0 Å². The first-order chi connectivity index (χ1) is 19.6. The van der Waals surface area contributed by atoms with Crippen molar-refractivity contribution in [2.75, 3.05) is 42.7 Å². The number of nitrogens with one attached hydrogen (secondary N) is 3. The zero-order chi connectivity index (χ0) is 29.7. The molecule has 3 aromatic rings. The second kappa shape index (κ2) is 12.7. The predicted molar refractivity (Wildman–Crippen MR) is 154 cm³/mol. The van der Waals surface area contributed by atoms with Crippen LogP contribution in [-0.4, -0.2) is 76.9 Å². The number of para-hydroxylation sites is 2. The van der Waals surface area contributed by atoms with E-state index in [1.807, 2.05) is 13.0 Å². The van der Waals surface area contributed by atoms with Crippen LogP contribution >= 0.6 is 0 Å². The van der Waals surface area contributed by atoms with Crippen molar-refractivity contribution in [1.29, 1.82) is 0 Å². The van der Waals surface area contributed by atoms with Crippen LogP contribution in [0.2, 0.25) is 0 Å². The number of aliphatic hydroxyl groups excluding tert-OH is 1. The number of fused-ring (bicyclic) bond motifs is 1. The number of benzene rings is 2. The molecule has 5 amide bonds. The smallest absolute Gasteiger partial charge is 0.323 e. The molecule has 12 nitrogen and oxygen atoms in total. The van der Waals surface area contributed by atoms with Crippen LogP contribution in [0, 0.1) is 19.8 Å². The number of aryl methyl sites for hydroxylation is 2. The van der Waals surface area contributed by atoms with Crippen LogP contribution in [0.5, 0.6) is 5.75 Å². The van der Waals surface area contributed by atoms with Gasteiger partial charge in [-0.1, -0.05) is 36.3 Å². The largest absolute Gasteiger partial charge is 0.485 e. The summed E-state index contributed by atoms with van der Waals surface area (Å²) >= 11 is 0. The van der Waals surface area contributed by atoms with E-state index in [-0.39, 0.29) is 48.9 Å². The molecule has 12 heteroatoms. The summed E-state index contributed by atoms with van der Waals surface area (Å²) in [4.78, 5) is 42.7. The third-order valence-corrected chi connectivity index (χ3v) is 7.04. The number of hydrogen-bond acceptors (Lipinski definition) is 7. The maximum atomic E-state index is 13.7. The molecule has 218 valence electrons. The molecular formula is C29H36N6O6. The Bertz CT molecular complexity index is 1370. The Labute approximate surface area is 238 Å². The van der Waals surface area contributed by atoms with E-state index in [0.29, 0.717) is 28.5 Å². The van der Waals surface area contributed by atoms with E-state index < -0.39 is 18.2 Å². The lowest BCUT2D eigenvalue weighted by Gasteiger charge is -2.38. The minimum absolute atomic E-state index is 0.163. The van der Waals surface area contributed by atoms with Crippen molar-refractivity contribution in [2.45, 2.75) is 39.8 Å². The van der Waals surface area contributed by atoms with Gasteiger partial charge in [0.25, 0.3) is 5.91 Å². The Morgan fingerprint density at radius 2 is 1.85 bits per heavy atom. The highest BCUT2D eigenvalue weighted by molar-refractivity contribution is 6.04. The summed E-state index contributed by atoms with van der Waals surface area (Å²) in [6, 6.07) is 12.5. The molecule has 0 unspecified atom stereocenters. The molecule has 41 heavy (non-hydrogen) atoms. The van der Waals surface area contributed by atoms with Crippen molar-refractivity contribution in [1.82, 2.24) is 15.0 Å². The minimum Gasteiger partial charge on any atom is -0.485 e. The van der Waals surface area contributed by atoms with Gasteiger partial charge in [-0.05, 0) is 45.0 Å². The van der Waals surface area contributed by atoms with E-state index in [1.165, 1.54) is 4.90 Å². The number of anilines is 3. The molecule has 4 N–H and O–H groups in total. The topological polar surface area (TPSA) is 149 Å². The van der Waals surface area contributed by atoms with Crippen molar-refractivity contribution in [3.8, 4) is 5.75 Å². The second-order valence-corrected chi connectivity index (χ2v) is 10.3. The Kier molecular flexibility index (Phi) is 9.13. The van der Waals surface area contributed by atoms with E-state index >= 15 is 0 Å². The van der Waals surface area contributed by atoms with Crippen molar-refractivity contribution in [3.63, 3.8) is 0 Å². The molecule has 1 aliphatic rings. The van der Waals surface area contributed by atoms with E-state index in [4.69, 9.17) is 9.26 Å². The molecule has 2 heterocycles. The number of urea groups is 2. The first-order valence-corrected chi connectivity index (χ1v) is 13.4. The number of hydrogen-bond donors (Lipinski definition) is 4. The summed E-state index contributed by atoms with van der Waals surface area (Å²) in [5, 5.41) is 22.2. The molecule has 1 aromatic heterocycles. The maximum absolute atomic E-state index is 13.7. The van der Waals surface area contributed by atoms with Gasteiger partial charge in [-0.25, -0.2) is 9.59 Å². The average molecular weight is 565 g/mol. The molecule has 0 saturated carbocycles. The molecule has 1 aliphatic heterocycles. The lowest BCUT2D eigenvalue weighted by Crippen LogP contribution is -2.50. The summed E-state index contributed by atoms with van der Waals surface area (Å²) < 4.78 is 11.6. The van der Waals surface area contributed by atoms with Crippen LogP contribution < -0.4 is 20.7 Å². The number of ether oxygens (including phenoxy) is 1. The molecular weight excluding hydrogens is 528 g/mol. The summed E-state index contributed by atoms with van der Waals surface area (Å²) in [7, 11) is 1.64. The average Bonchev–Trinajstić information content (AvgIpc) is 3.27.